The Balaban J connectivity index is 2.81. The number of anilines is 1. The average molecular weight is 480 g/mol. The molecule has 0 fully saturated rings. The van der Waals surface area contributed by atoms with Gasteiger partial charge in [0.1, 0.15) is 11.6 Å². The summed E-state index contributed by atoms with van der Waals surface area (Å²) in [6.45, 7) is 10.4. The minimum absolute atomic E-state index is 0.336. The Bertz CT molecular complexity index is 642. The van der Waals surface area contributed by atoms with Crippen LogP contribution in [0.25, 0.3) is 0 Å². The number of rotatable bonds is 7. The van der Waals surface area contributed by atoms with Crippen LogP contribution in [-0.4, -0.2) is 29.7 Å². The monoisotopic (exact) mass is 479 g/mol. The van der Waals surface area contributed by atoms with Gasteiger partial charge in [-0.2, -0.15) is 0 Å². The summed E-state index contributed by atoms with van der Waals surface area (Å²) < 4.78 is 11.4. The third kappa shape index (κ3) is 7.64. The maximum atomic E-state index is 12.4. The van der Waals surface area contributed by atoms with Gasteiger partial charge in [-0.15, -0.1) is 6.58 Å². The quantitative estimate of drug-likeness (QED) is 0.352. The van der Waals surface area contributed by atoms with E-state index in [0.29, 0.717) is 17.1 Å². The zero-order chi connectivity index (χ0) is 19.2. The lowest BCUT2D eigenvalue weighted by Crippen LogP contribution is -2.38. The Morgan fingerprint density at radius 1 is 1.36 bits per heavy atom. The van der Waals surface area contributed by atoms with Crippen molar-refractivity contribution in [2.75, 3.05) is 5.32 Å². The Morgan fingerprint density at radius 3 is 2.56 bits per heavy atom. The molecule has 1 rings (SSSR count). The first-order valence-electron chi connectivity index (χ1n) is 7.79. The SMILES string of the molecule is C=CCC(Nc1cc(Cl)ccc1I)C(=O)O[C@H](C)C(=O)OC(C)(C)C. The molecule has 138 valence electrons. The molecular formula is C18H23ClINO4. The van der Waals surface area contributed by atoms with E-state index < -0.39 is 29.7 Å². The van der Waals surface area contributed by atoms with Crippen LogP contribution in [0.3, 0.4) is 0 Å². The van der Waals surface area contributed by atoms with Gasteiger partial charge in [0.15, 0.2) is 6.10 Å². The predicted molar refractivity (Wildman–Crippen MR) is 108 cm³/mol. The second kappa shape index (κ2) is 9.43. The third-order valence-electron chi connectivity index (χ3n) is 2.98. The summed E-state index contributed by atoms with van der Waals surface area (Å²) in [7, 11) is 0. The Morgan fingerprint density at radius 2 is 2.00 bits per heavy atom. The molecule has 0 amide bonds. The smallest absolute Gasteiger partial charge is 0.347 e. The number of carbonyl (C=O) groups excluding carboxylic acids is 2. The molecule has 2 atom stereocenters. The number of carbonyl (C=O) groups is 2. The van der Waals surface area contributed by atoms with Gasteiger partial charge in [-0.1, -0.05) is 17.7 Å². The number of hydrogen-bond donors (Lipinski definition) is 1. The first kappa shape index (κ1) is 21.8. The van der Waals surface area contributed by atoms with Crippen molar-refractivity contribution in [3.63, 3.8) is 0 Å². The highest BCUT2D eigenvalue weighted by atomic mass is 127. The van der Waals surface area contributed by atoms with E-state index >= 15 is 0 Å². The summed E-state index contributed by atoms with van der Waals surface area (Å²) in [6.07, 6.45) is 0.941. The molecule has 1 aromatic carbocycles. The van der Waals surface area contributed by atoms with Crippen molar-refractivity contribution >= 4 is 51.8 Å². The molecule has 7 heteroatoms. The van der Waals surface area contributed by atoms with E-state index in [1.165, 1.54) is 6.92 Å². The molecule has 0 saturated heterocycles. The molecule has 0 saturated carbocycles. The van der Waals surface area contributed by atoms with Crippen molar-refractivity contribution < 1.29 is 19.1 Å². The molecule has 0 aliphatic heterocycles. The van der Waals surface area contributed by atoms with E-state index in [2.05, 4.69) is 34.5 Å². The van der Waals surface area contributed by atoms with Crippen LogP contribution < -0.4 is 5.32 Å². The second-order valence-electron chi connectivity index (χ2n) is 6.46. The first-order chi connectivity index (χ1) is 11.5. The fourth-order valence-corrected chi connectivity index (χ4v) is 2.53. The van der Waals surface area contributed by atoms with Crippen molar-refractivity contribution in [1.29, 1.82) is 0 Å². The molecule has 0 aromatic heterocycles. The highest BCUT2D eigenvalue weighted by Crippen LogP contribution is 2.24. The van der Waals surface area contributed by atoms with Gasteiger partial charge in [0.2, 0.25) is 0 Å². The number of nitrogens with one attached hydrogen (secondary N) is 1. The molecule has 0 aliphatic carbocycles. The molecule has 0 bridgehead atoms. The maximum Gasteiger partial charge on any atom is 0.347 e. The van der Waals surface area contributed by atoms with Crippen LogP contribution in [-0.2, 0) is 19.1 Å². The Labute approximate surface area is 167 Å². The van der Waals surface area contributed by atoms with Crippen molar-refractivity contribution in [2.45, 2.75) is 51.9 Å². The summed E-state index contributed by atoms with van der Waals surface area (Å²) >= 11 is 8.14. The average Bonchev–Trinajstić information content (AvgIpc) is 2.48. The number of hydrogen-bond acceptors (Lipinski definition) is 5. The topological polar surface area (TPSA) is 64.6 Å². The number of esters is 2. The summed E-state index contributed by atoms with van der Waals surface area (Å²) in [4.78, 5) is 24.4. The van der Waals surface area contributed by atoms with Gasteiger partial charge in [0.05, 0.1) is 0 Å². The molecule has 1 N–H and O–H groups in total. The summed E-state index contributed by atoms with van der Waals surface area (Å²) in [5.41, 5.74) is 0.0646. The van der Waals surface area contributed by atoms with Gasteiger partial charge in [-0.05, 0) is 74.9 Å². The van der Waals surface area contributed by atoms with Crippen LogP contribution in [0.2, 0.25) is 5.02 Å². The van der Waals surface area contributed by atoms with Gasteiger partial charge in [0, 0.05) is 14.3 Å². The molecule has 1 unspecified atom stereocenters. The van der Waals surface area contributed by atoms with Crippen LogP contribution in [0.1, 0.15) is 34.1 Å². The lowest BCUT2D eigenvalue weighted by molar-refractivity contribution is -0.174. The van der Waals surface area contributed by atoms with Crippen molar-refractivity contribution in [2.24, 2.45) is 0 Å². The lowest BCUT2D eigenvalue weighted by Gasteiger charge is -2.24. The number of halogens is 2. The number of ether oxygens (including phenoxy) is 2. The van der Waals surface area contributed by atoms with Gasteiger partial charge < -0.3 is 14.8 Å². The van der Waals surface area contributed by atoms with Gasteiger partial charge in [-0.25, -0.2) is 9.59 Å². The first-order valence-corrected chi connectivity index (χ1v) is 9.25. The van der Waals surface area contributed by atoms with Gasteiger partial charge in [0.25, 0.3) is 0 Å². The Kier molecular flexibility index (Phi) is 8.21. The van der Waals surface area contributed by atoms with Gasteiger partial charge >= 0.3 is 11.9 Å². The fraction of sp³-hybridized carbons (Fsp3) is 0.444. The normalized spacial score (nSPS) is 13.5. The van der Waals surface area contributed by atoms with Crippen LogP contribution in [0, 0.1) is 3.57 Å². The maximum absolute atomic E-state index is 12.4. The van der Waals surface area contributed by atoms with E-state index in [1.54, 1.807) is 39.0 Å². The summed E-state index contributed by atoms with van der Waals surface area (Å²) in [5.74, 6) is -1.15. The van der Waals surface area contributed by atoms with E-state index in [4.69, 9.17) is 21.1 Å². The zero-order valence-corrected chi connectivity index (χ0v) is 17.7. The molecule has 0 heterocycles. The molecule has 0 aliphatic rings. The largest absolute Gasteiger partial charge is 0.457 e. The fourth-order valence-electron chi connectivity index (χ4n) is 1.87. The molecule has 0 spiro atoms. The standard InChI is InChI=1S/C18H23ClINO4/c1-6-7-14(21-15-10-12(19)8-9-13(15)20)17(23)24-11(2)16(22)25-18(3,4)5/h6,8-11,14,21H,1,7H2,2-5H3/t11-,14?/m1/s1. The summed E-state index contributed by atoms with van der Waals surface area (Å²) in [6, 6.07) is 4.64. The minimum atomic E-state index is -1.00. The molecular weight excluding hydrogens is 457 g/mol. The third-order valence-corrected chi connectivity index (χ3v) is 4.15. The van der Waals surface area contributed by atoms with Crippen molar-refractivity contribution in [3.05, 3.63) is 39.4 Å². The predicted octanol–water partition coefficient (Wildman–Crippen LogP) is 4.57. The van der Waals surface area contributed by atoms with Crippen LogP contribution >= 0.6 is 34.2 Å². The van der Waals surface area contributed by atoms with Crippen molar-refractivity contribution in [1.82, 2.24) is 0 Å². The molecule has 0 radical (unpaired) electrons. The Hall–Kier alpha value is -1.28. The summed E-state index contributed by atoms with van der Waals surface area (Å²) in [5, 5.41) is 3.64. The van der Waals surface area contributed by atoms with Crippen molar-refractivity contribution in [3.8, 4) is 0 Å². The lowest BCUT2D eigenvalue weighted by atomic mass is 10.2. The van der Waals surface area contributed by atoms with E-state index in [0.717, 1.165) is 3.57 Å². The van der Waals surface area contributed by atoms with Gasteiger partial charge in [-0.3, -0.25) is 0 Å². The highest BCUT2D eigenvalue weighted by Gasteiger charge is 2.28. The van der Waals surface area contributed by atoms with Crippen LogP contribution in [0.15, 0.2) is 30.9 Å². The van der Waals surface area contributed by atoms with Crippen LogP contribution in [0.5, 0.6) is 0 Å². The van der Waals surface area contributed by atoms with E-state index in [1.807, 2.05) is 6.07 Å². The van der Waals surface area contributed by atoms with E-state index in [-0.39, 0.29) is 0 Å². The molecule has 1 aromatic rings. The number of benzene rings is 1. The molecule has 5 nitrogen and oxygen atoms in total. The van der Waals surface area contributed by atoms with E-state index in [9.17, 15) is 9.59 Å². The highest BCUT2D eigenvalue weighted by molar-refractivity contribution is 14.1. The minimum Gasteiger partial charge on any atom is -0.457 e. The molecule has 25 heavy (non-hydrogen) atoms. The zero-order valence-electron chi connectivity index (χ0n) is 14.8. The second-order valence-corrected chi connectivity index (χ2v) is 8.06. The van der Waals surface area contributed by atoms with Crippen LogP contribution in [0.4, 0.5) is 5.69 Å².